The predicted octanol–water partition coefficient (Wildman–Crippen LogP) is 3.21. The number of aromatic nitrogens is 1. The van der Waals surface area contributed by atoms with Crippen molar-refractivity contribution in [1.82, 2.24) is 4.98 Å². The maximum absolute atomic E-state index is 4.44. The molecule has 0 unspecified atom stereocenters. The number of rotatable bonds is 5. The van der Waals surface area contributed by atoms with Crippen molar-refractivity contribution in [2.24, 2.45) is 0 Å². The van der Waals surface area contributed by atoms with E-state index in [-0.39, 0.29) is 0 Å². The molecule has 0 N–H and O–H groups in total. The number of alkyl halides is 1. The maximum Gasteiger partial charge on any atom is 0.132 e. The third-order valence-corrected chi connectivity index (χ3v) is 2.79. The molecule has 0 spiro atoms. The summed E-state index contributed by atoms with van der Waals surface area (Å²) in [4.78, 5) is 6.75. The van der Waals surface area contributed by atoms with Crippen molar-refractivity contribution < 1.29 is 0 Å². The van der Waals surface area contributed by atoms with Gasteiger partial charge in [0.15, 0.2) is 0 Å². The first-order valence-electron chi connectivity index (χ1n) is 5.08. The minimum absolute atomic E-state index is 0.871. The monoisotopic (exact) mass is 256 g/mol. The zero-order valence-corrected chi connectivity index (χ0v) is 10.4. The van der Waals surface area contributed by atoms with Crippen LogP contribution in [0.3, 0.4) is 0 Å². The van der Waals surface area contributed by atoms with Crippen LogP contribution in [0.4, 0.5) is 5.82 Å². The minimum atomic E-state index is 0.871. The van der Waals surface area contributed by atoms with Gasteiger partial charge in [-0.1, -0.05) is 28.9 Å². The molecular formula is C11H17BrN2. The molecule has 0 saturated heterocycles. The molecule has 0 amide bonds. The lowest BCUT2D eigenvalue weighted by Crippen LogP contribution is -2.25. The molecule has 0 aliphatic carbocycles. The fraction of sp³-hybridized carbons (Fsp3) is 0.545. The van der Waals surface area contributed by atoms with Crippen molar-refractivity contribution in [1.29, 1.82) is 0 Å². The van der Waals surface area contributed by atoms with Gasteiger partial charge in [-0.2, -0.15) is 0 Å². The SMILES string of the molecule is CCCN(CC)c1ncccc1CBr. The third-order valence-electron chi connectivity index (χ3n) is 2.19. The van der Waals surface area contributed by atoms with Crippen LogP contribution in [0, 0.1) is 0 Å². The summed E-state index contributed by atoms with van der Waals surface area (Å²) in [5.74, 6) is 1.12. The highest BCUT2D eigenvalue weighted by Gasteiger charge is 2.08. The van der Waals surface area contributed by atoms with Gasteiger partial charge in [-0.3, -0.25) is 0 Å². The fourth-order valence-corrected chi connectivity index (χ4v) is 1.94. The maximum atomic E-state index is 4.44. The van der Waals surface area contributed by atoms with Crippen molar-refractivity contribution in [2.75, 3.05) is 18.0 Å². The molecule has 0 saturated carbocycles. The number of hydrogen-bond donors (Lipinski definition) is 0. The molecule has 0 radical (unpaired) electrons. The van der Waals surface area contributed by atoms with Crippen LogP contribution in [0.1, 0.15) is 25.8 Å². The Morgan fingerprint density at radius 3 is 2.79 bits per heavy atom. The highest BCUT2D eigenvalue weighted by Crippen LogP contribution is 2.19. The summed E-state index contributed by atoms with van der Waals surface area (Å²) in [6.07, 6.45) is 3.02. The molecule has 1 aromatic heterocycles. The molecule has 0 aliphatic heterocycles. The molecule has 1 aromatic rings. The molecule has 0 aromatic carbocycles. The summed E-state index contributed by atoms with van der Waals surface area (Å²) in [7, 11) is 0. The second-order valence-electron chi connectivity index (χ2n) is 3.20. The van der Waals surface area contributed by atoms with Crippen molar-refractivity contribution in [3.63, 3.8) is 0 Å². The van der Waals surface area contributed by atoms with E-state index in [0.29, 0.717) is 0 Å². The van der Waals surface area contributed by atoms with Crippen LogP contribution in [0.2, 0.25) is 0 Å². The Kier molecular flexibility index (Phi) is 4.94. The summed E-state index contributed by atoms with van der Waals surface area (Å²) in [5, 5.41) is 0.871. The smallest absolute Gasteiger partial charge is 0.132 e. The summed E-state index contributed by atoms with van der Waals surface area (Å²) in [6, 6.07) is 4.11. The normalized spacial score (nSPS) is 10.2. The van der Waals surface area contributed by atoms with Crippen LogP contribution in [0.15, 0.2) is 18.3 Å². The standard InChI is InChI=1S/C11H17BrN2/c1-3-8-14(4-2)11-10(9-12)6-5-7-13-11/h5-7H,3-4,8-9H2,1-2H3. The highest BCUT2D eigenvalue weighted by atomic mass is 79.9. The summed E-state index contributed by atoms with van der Waals surface area (Å²) < 4.78 is 0. The highest BCUT2D eigenvalue weighted by molar-refractivity contribution is 9.08. The van der Waals surface area contributed by atoms with Gasteiger partial charge in [0, 0.05) is 30.2 Å². The van der Waals surface area contributed by atoms with Crippen LogP contribution in [-0.2, 0) is 5.33 Å². The van der Waals surface area contributed by atoms with Crippen LogP contribution in [0.25, 0.3) is 0 Å². The lowest BCUT2D eigenvalue weighted by molar-refractivity contribution is 0.775. The zero-order valence-electron chi connectivity index (χ0n) is 8.83. The first-order chi connectivity index (χ1) is 6.83. The molecule has 0 atom stereocenters. The molecule has 14 heavy (non-hydrogen) atoms. The van der Waals surface area contributed by atoms with Gasteiger partial charge in [0.05, 0.1) is 0 Å². The zero-order chi connectivity index (χ0) is 10.4. The van der Waals surface area contributed by atoms with Gasteiger partial charge in [0.25, 0.3) is 0 Å². The molecule has 0 fully saturated rings. The number of anilines is 1. The van der Waals surface area contributed by atoms with Crippen LogP contribution in [-0.4, -0.2) is 18.1 Å². The Balaban J connectivity index is 2.90. The minimum Gasteiger partial charge on any atom is -0.357 e. The van der Waals surface area contributed by atoms with Crippen molar-refractivity contribution in [2.45, 2.75) is 25.6 Å². The topological polar surface area (TPSA) is 16.1 Å². The van der Waals surface area contributed by atoms with Crippen molar-refractivity contribution in [3.8, 4) is 0 Å². The first kappa shape index (κ1) is 11.5. The van der Waals surface area contributed by atoms with Crippen molar-refractivity contribution in [3.05, 3.63) is 23.9 Å². The number of halogens is 1. The van der Waals surface area contributed by atoms with E-state index >= 15 is 0 Å². The van der Waals surface area contributed by atoms with Gasteiger partial charge >= 0.3 is 0 Å². The number of nitrogens with zero attached hydrogens (tertiary/aromatic N) is 2. The summed E-state index contributed by atoms with van der Waals surface area (Å²) in [6.45, 7) is 6.46. The Hall–Kier alpha value is -0.570. The molecule has 1 rings (SSSR count). The number of pyridine rings is 1. The van der Waals surface area contributed by atoms with E-state index < -0.39 is 0 Å². The van der Waals surface area contributed by atoms with Crippen LogP contribution in [0.5, 0.6) is 0 Å². The Morgan fingerprint density at radius 2 is 2.21 bits per heavy atom. The fourth-order valence-electron chi connectivity index (χ4n) is 1.50. The molecule has 3 heteroatoms. The van der Waals surface area contributed by atoms with E-state index in [1.54, 1.807) is 0 Å². The van der Waals surface area contributed by atoms with E-state index in [2.05, 4.69) is 45.7 Å². The van der Waals surface area contributed by atoms with E-state index in [4.69, 9.17) is 0 Å². The second kappa shape index (κ2) is 6.02. The molecule has 0 aliphatic rings. The van der Waals surface area contributed by atoms with Gasteiger partial charge in [0.2, 0.25) is 0 Å². The predicted molar refractivity (Wildman–Crippen MR) is 65.0 cm³/mol. The average Bonchev–Trinajstić information content (AvgIpc) is 2.26. The van der Waals surface area contributed by atoms with E-state index in [0.717, 1.165) is 30.7 Å². The average molecular weight is 257 g/mol. The Bertz CT molecular complexity index is 276. The Labute approximate surface area is 94.5 Å². The lowest BCUT2D eigenvalue weighted by Gasteiger charge is -2.23. The second-order valence-corrected chi connectivity index (χ2v) is 3.76. The third kappa shape index (κ3) is 2.71. The van der Waals surface area contributed by atoms with Gasteiger partial charge in [-0.15, -0.1) is 0 Å². The Morgan fingerprint density at radius 1 is 1.43 bits per heavy atom. The number of hydrogen-bond acceptors (Lipinski definition) is 2. The van der Waals surface area contributed by atoms with Gasteiger partial charge < -0.3 is 4.90 Å². The molecule has 2 nitrogen and oxygen atoms in total. The lowest BCUT2D eigenvalue weighted by atomic mass is 10.2. The van der Waals surface area contributed by atoms with E-state index in [1.807, 2.05) is 12.3 Å². The van der Waals surface area contributed by atoms with E-state index in [9.17, 15) is 0 Å². The molecular weight excluding hydrogens is 240 g/mol. The van der Waals surface area contributed by atoms with Gasteiger partial charge in [0.1, 0.15) is 5.82 Å². The quantitative estimate of drug-likeness (QED) is 0.753. The largest absolute Gasteiger partial charge is 0.357 e. The summed E-state index contributed by atoms with van der Waals surface area (Å²) in [5.41, 5.74) is 1.27. The van der Waals surface area contributed by atoms with Crippen molar-refractivity contribution >= 4 is 21.7 Å². The van der Waals surface area contributed by atoms with Crippen LogP contribution >= 0.6 is 15.9 Å². The van der Waals surface area contributed by atoms with Gasteiger partial charge in [-0.05, 0) is 19.4 Å². The van der Waals surface area contributed by atoms with Gasteiger partial charge in [-0.25, -0.2) is 4.98 Å². The first-order valence-corrected chi connectivity index (χ1v) is 6.20. The van der Waals surface area contributed by atoms with Crippen LogP contribution < -0.4 is 4.90 Å². The molecule has 1 heterocycles. The molecule has 78 valence electrons. The summed E-state index contributed by atoms with van der Waals surface area (Å²) >= 11 is 3.49. The molecule has 0 bridgehead atoms. The van der Waals surface area contributed by atoms with E-state index in [1.165, 1.54) is 5.56 Å².